The van der Waals surface area contributed by atoms with Gasteiger partial charge in [0, 0.05) is 0 Å². The Hall–Kier alpha value is 3.77. The third kappa shape index (κ3) is 25.8. The molecule has 0 aliphatic heterocycles. The van der Waals surface area contributed by atoms with Crippen LogP contribution in [0.2, 0.25) is 0 Å². The summed E-state index contributed by atoms with van der Waals surface area (Å²) in [4.78, 5) is 51.0. The number of hydrogen-bond donors (Lipinski definition) is 2. The van der Waals surface area contributed by atoms with E-state index in [2.05, 4.69) is 9.05 Å². The summed E-state index contributed by atoms with van der Waals surface area (Å²) in [5.74, 6) is -1.41. The first-order valence-electron chi connectivity index (χ1n) is 4.14. The average molecular weight is 416 g/mol. The Bertz CT molecular complexity index is 384. The van der Waals surface area contributed by atoms with Crippen molar-refractivity contribution in [3.05, 3.63) is 0 Å². The fraction of sp³-hybridized carbons (Fsp3) is 0.800. The Morgan fingerprint density at radius 1 is 0.913 bits per heavy atom. The number of aliphatic hydroxyl groups is 2. The normalized spacial score (nSPS) is 12.8. The van der Waals surface area contributed by atoms with Gasteiger partial charge in [-0.3, -0.25) is 4.79 Å². The molecule has 0 bridgehead atoms. The molecule has 2 unspecified atom stereocenters. The summed E-state index contributed by atoms with van der Waals surface area (Å²) >= 11 is 0. The Morgan fingerprint density at radius 3 is 1.57 bits per heavy atom. The van der Waals surface area contributed by atoms with Gasteiger partial charge in [-0.25, -0.2) is 0 Å². The van der Waals surface area contributed by atoms with E-state index in [1.54, 1.807) is 0 Å². The van der Waals surface area contributed by atoms with Gasteiger partial charge in [0.2, 0.25) is 0 Å². The number of ketones is 1. The summed E-state index contributed by atoms with van der Waals surface area (Å²) in [5, 5.41) is 18.0. The molecule has 23 heavy (non-hydrogen) atoms. The average Bonchev–Trinajstić information content (AvgIpc) is 2.19. The van der Waals surface area contributed by atoms with Gasteiger partial charge >= 0.3 is 118 Å². The zero-order valence-electron chi connectivity index (χ0n) is 13.0. The van der Waals surface area contributed by atoms with E-state index in [1.165, 1.54) is 0 Å². The van der Waals surface area contributed by atoms with E-state index in [0.29, 0.717) is 0 Å². The summed E-state index contributed by atoms with van der Waals surface area (Å²) in [7, 11) is -10.8. The van der Waals surface area contributed by atoms with Crippen LogP contribution in [0.1, 0.15) is 0 Å². The molecule has 0 fully saturated rings. The van der Waals surface area contributed by atoms with Crippen molar-refractivity contribution in [1.29, 1.82) is 0 Å². The number of rotatable bonds is 8. The number of carbonyl (C=O) groups is 1. The number of aliphatic hydroxyl groups excluding tert-OH is 2. The largest absolute Gasteiger partial charge is 1.00 e. The molecule has 0 aromatic rings. The number of phosphoric ester groups is 2. The van der Waals surface area contributed by atoms with E-state index in [1.807, 2.05) is 0 Å². The molecular formula is C5H10Na4O12P2. The van der Waals surface area contributed by atoms with Crippen molar-refractivity contribution >= 4 is 21.4 Å². The molecule has 0 rings (SSSR count). The minimum absolute atomic E-state index is 0. The molecule has 4 N–H and O–H groups in total. The quantitative estimate of drug-likeness (QED) is 0.278. The first-order valence-corrected chi connectivity index (χ1v) is 7.06. The minimum Gasteiger partial charge on any atom is -0.790 e. The fourth-order valence-corrected chi connectivity index (χ4v) is 1.32. The number of Topliss-reactive ketones (excluding diaryl/α,β-unsaturated/α-hetero) is 1. The van der Waals surface area contributed by atoms with Gasteiger partial charge in [0.1, 0.15) is 18.8 Å². The van der Waals surface area contributed by atoms with Crippen LogP contribution in [-0.2, 0) is 23.0 Å². The van der Waals surface area contributed by atoms with E-state index < -0.39 is 46.9 Å². The van der Waals surface area contributed by atoms with Gasteiger partial charge in [-0.05, 0) is 0 Å². The van der Waals surface area contributed by atoms with Crippen molar-refractivity contribution in [3.8, 4) is 0 Å². The first-order chi connectivity index (χ1) is 7.92. The maximum Gasteiger partial charge on any atom is 1.00 e. The van der Waals surface area contributed by atoms with E-state index in [4.69, 9.17) is 10.2 Å². The molecule has 0 aliphatic carbocycles. The monoisotopic (exact) mass is 416 g/mol. The van der Waals surface area contributed by atoms with Gasteiger partial charge < -0.3 is 53.4 Å². The van der Waals surface area contributed by atoms with Crippen molar-refractivity contribution in [2.45, 2.75) is 12.2 Å². The number of hydrogen-bond acceptors (Lipinski definition) is 11. The minimum atomic E-state index is -5.42. The summed E-state index contributed by atoms with van der Waals surface area (Å²) in [6, 6.07) is 0. The Kier molecular flexibility index (Phi) is 34.2. The van der Waals surface area contributed by atoms with Crippen molar-refractivity contribution in [3.63, 3.8) is 0 Å². The summed E-state index contributed by atoms with van der Waals surface area (Å²) in [6.45, 7) is -2.54. The molecule has 12 nitrogen and oxygen atoms in total. The topological polar surface area (TPSA) is 234 Å². The van der Waals surface area contributed by atoms with Crippen LogP contribution < -0.4 is 138 Å². The molecule has 0 aromatic carbocycles. The second-order valence-electron chi connectivity index (χ2n) is 2.94. The van der Waals surface area contributed by atoms with Crippen molar-refractivity contribution in [1.82, 2.24) is 0 Å². The van der Waals surface area contributed by atoms with Crippen molar-refractivity contribution < 1.29 is 176 Å². The second kappa shape index (κ2) is 19.1. The van der Waals surface area contributed by atoms with E-state index in [-0.39, 0.29) is 124 Å². The standard InChI is InChI=1S/C5H12O11P2.4Na.H2O/c6-3(1-15-17(9,10)11)5(8)4(7)2-16-18(12,13)14;;;;;/h3,5-6,8H,1-2H2,(H2,9,10,11)(H2,12,13,14);;;;;1H2/q;4*+1;/p-4. The van der Waals surface area contributed by atoms with Crippen LogP contribution in [0.5, 0.6) is 0 Å². The van der Waals surface area contributed by atoms with Crippen LogP contribution in [0.3, 0.4) is 0 Å². The molecule has 0 heterocycles. The smallest absolute Gasteiger partial charge is 0.790 e. The van der Waals surface area contributed by atoms with Gasteiger partial charge in [-0.2, -0.15) is 0 Å². The Morgan fingerprint density at radius 2 is 1.26 bits per heavy atom. The Labute approximate surface area is 220 Å². The first kappa shape index (κ1) is 41.2. The molecule has 0 amide bonds. The van der Waals surface area contributed by atoms with Crippen LogP contribution >= 0.6 is 15.6 Å². The fourth-order valence-electron chi connectivity index (χ4n) is 0.701. The zero-order valence-corrected chi connectivity index (χ0v) is 22.8. The third-order valence-corrected chi connectivity index (χ3v) is 2.37. The molecule has 0 aliphatic rings. The van der Waals surface area contributed by atoms with Gasteiger partial charge in [0.05, 0.1) is 22.3 Å². The molecule has 116 valence electrons. The van der Waals surface area contributed by atoms with Crippen LogP contribution in [-0.4, -0.2) is 46.9 Å². The van der Waals surface area contributed by atoms with Crippen molar-refractivity contribution in [2.24, 2.45) is 0 Å². The number of carbonyl (C=O) groups excluding carboxylic acids is 1. The predicted octanol–water partition coefficient (Wildman–Crippen LogP) is -17.8. The summed E-state index contributed by atoms with van der Waals surface area (Å²) < 4.78 is 27.1. The molecule has 0 saturated carbocycles. The SMILES string of the molecule is O.O=C(COP(=O)([O-])[O-])C(O)C(O)COP(=O)([O-])[O-].[Na+].[Na+].[Na+].[Na+]. The van der Waals surface area contributed by atoms with Crippen LogP contribution in [0.25, 0.3) is 0 Å². The molecule has 0 spiro atoms. The van der Waals surface area contributed by atoms with Gasteiger partial charge in [0.25, 0.3) is 0 Å². The maximum atomic E-state index is 10.9. The molecule has 2 atom stereocenters. The number of phosphoric acid groups is 2. The van der Waals surface area contributed by atoms with E-state index >= 15 is 0 Å². The van der Waals surface area contributed by atoms with E-state index in [9.17, 15) is 33.5 Å². The molecular weight excluding hydrogens is 406 g/mol. The van der Waals surface area contributed by atoms with Crippen LogP contribution in [0.4, 0.5) is 0 Å². The van der Waals surface area contributed by atoms with Crippen LogP contribution in [0.15, 0.2) is 0 Å². The van der Waals surface area contributed by atoms with Crippen molar-refractivity contribution in [2.75, 3.05) is 13.2 Å². The molecule has 0 radical (unpaired) electrons. The maximum absolute atomic E-state index is 10.9. The summed E-state index contributed by atoms with van der Waals surface area (Å²) in [5.41, 5.74) is 0. The summed E-state index contributed by atoms with van der Waals surface area (Å²) in [6.07, 6.45) is -4.38. The molecule has 0 saturated heterocycles. The second-order valence-corrected chi connectivity index (χ2v) is 5.25. The van der Waals surface area contributed by atoms with Gasteiger partial charge in [0.15, 0.2) is 5.78 Å². The van der Waals surface area contributed by atoms with E-state index in [0.717, 1.165) is 0 Å². The predicted molar refractivity (Wildman–Crippen MR) is 47.8 cm³/mol. The molecule has 0 aromatic heterocycles. The zero-order chi connectivity index (χ0) is 14.6. The third-order valence-electron chi connectivity index (χ3n) is 1.46. The Balaban J connectivity index is -0.000000144. The van der Waals surface area contributed by atoms with Crippen LogP contribution in [0, 0.1) is 0 Å². The van der Waals surface area contributed by atoms with Gasteiger partial charge in [-0.15, -0.1) is 0 Å². The molecule has 18 heteroatoms. The van der Waals surface area contributed by atoms with Gasteiger partial charge in [-0.1, -0.05) is 0 Å².